The lowest BCUT2D eigenvalue weighted by molar-refractivity contribution is -0.138. The van der Waals surface area contributed by atoms with E-state index in [0.717, 1.165) is 36.0 Å². The summed E-state index contributed by atoms with van der Waals surface area (Å²) in [7, 11) is 0. The van der Waals surface area contributed by atoms with Crippen LogP contribution in [0.2, 0.25) is 0 Å². The van der Waals surface area contributed by atoms with Gasteiger partial charge < -0.3 is 15.5 Å². The van der Waals surface area contributed by atoms with E-state index in [1.165, 1.54) is 24.0 Å². The van der Waals surface area contributed by atoms with E-state index in [4.69, 9.17) is 0 Å². The number of piperidine rings is 1. The van der Waals surface area contributed by atoms with Crippen LogP contribution in [0.4, 0.5) is 4.39 Å². The van der Waals surface area contributed by atoms with E-state index < -0.39 is 11.8 Å². The third kappa shape index (κ3) is 5.27. The molecule has 1 fully saturated rings. The zero-order valence-corrected chi connectivity index (χ0v) is 21.5. The van der Waals surface area contributed by atoms with Crippen molar-refractivity contribution in [3.05, 3.63) is 93.8 Å². The van der Waals surface area contributed by atoms with Crippen LogP contribution in [0.15, 0.2) is 48.8 Å². The van der Waals surface area contributed by atoms with E-state index in [-0.39, 0.29) is 48.3 Å². The number of fused-ring (bicyclic) bond motifs is 3. The molecule has 5 rings (SSSR count). The van der Waals surface area contributed by atoms with Gasteiger partial charge in [-0.1, -0.05) is 30.3 Å². The van der Waals surface area contributed by atoms with Gasteiger partial charge in [-0.2, -0.15) is 0 Å². The summed E-state index contributed by atoms with van der Waals surface area (Å²) in [5.41, 5.74) is 4.56. The van der Waals surface area contributed by atoms with Crippen LogP contribution in [0.1, 0.15) is 81.0 Å². The van der Waals surface area contributed by atoms with E-state index in [1.54, 1.807) is 19.1 Å². The number of amides is 3. The lowest BCUT2D eigenvalue weighted by atomic mass is 9.83. The zero-order valence-electron chi connectivity index (χ0n) is 21.5. The Hall–Kier alpha value is -4.14. The number of aromatic nitrogens is 2. The lowest BCUT2D eigenvalue weighted by Crippen LogP contribution is -2.47. The molecule has 0 radical (unpaired) electrons. The molecular formula is C29H30FN5O3. The molecule has 2 N–H and O–H groups in total. The predicted octanol–water partition coefficient (Wildman–Crippen LogP) is 3.78. The number of nitrogens with one attached hydrogen (secondary N) is 2. The summed E-state index contributed by atoms with van der Waals surface area (Å²) in [6.45, 7) is 4.26. The lowest BCUT2D eigenvalue weighted by Gasteiger charge is -2.44. The standard InChI is InChI=1S/C29H30FN5O3/c1-17-10-19(7-9-23(17)30)14-31-28(37)24-13-25(34-16-33-24)29(38)32-15-20-6-8-21-12-27(36)35-18(2)4-3-5-26(35)22(21)11-20/h6-11,13,16,18,26H,3-5,12,14-15H2,1-2H3,(H,31,37)(H,32,38). The number of carbonyl (C=O) groups excluding carboxylic acids is 3. The number of halogens is 1. The first-order valence-electron chi connectivity index (χ1n) is 12.9. The van der Waals surface area contributed by atoms with E-state index in [1.807, 2.05) is 17.0 Å². The van der Waals surface area contributed by atoms with Crippen LogP contribution in [-0.4, -0.2) is 38.6 Å². The fourth-order valence-electron chi connectivity index (χ4n) is 5.36. The number of benzene rings is 2. The number of aryl methyl sites for hydroxylation is 1. The van der Waals surface area contributed by atoms with Crippen molar-refractivity contribution >= 4 is 17.7 Å². The number of hydrogen-bond acceptors (Lipinski definition) is 5. The fraction of sp³-hybridized carbons (Fsp3) is 0.345. The molecule has 2 aliphatic heterocycles. The molecule has 2 aliphatic rings. The highest BCUT2D eigenvalue weighted by atomic mass is 19.1. The van der Waals surface area contributed by atoms with Crippen LogP contribution < -0.4 is 10.6 Å². The van der Waals surface area contributed by atoms with Gasteiger partial charge in [-0.3, -0.25) is 14.4 Å². The molecule has 9 heteroatoms. The minimum atomic E-state index is -0.459. The van der Waals surface area contributed by atoms with Crippen molar-refractivity contribution < 1.29 is 18.8 Å². The van der Waals surface area contributed by atoms with Crippen LogP contribution in [0, 0.1) is 12.7 Å². The Balaban J connectivity index is 1.22. The molecule has 1 aromatic heterocycles. The monoisotopic (exact) mass is 515 g/mol. The summed E-state index contributed by atoms with van der Waals surface area (Å²) in [6, 6.07) is 12.3. The van der Waals surface area contributed by atoms with Gasteiger partial charge in [0.25, 0.3) is 11.8 Å². The molecule has 2 atom stereocenters. The molecule has 0 aliphatic carbocycles. The molecule has 196 valence electrons. The highest BCUT2D eigenvalue weighted by molar-refractivity contribution is 5.97. The van der Waals surface area contributed by atoms with Crippen LogP contribution >= 0.6 is 0 Å². The number of carbonyl (C=O) groups is 3. The van der Waals surface area contributed by atoms with Crippen LogP contribution in [-0.2, 0) is 24.3 Å². The SMILES string of the molecule is Cc1cc(CNC(=O)c2cc(C(=O)NCc3ccc4c(c3)C3CCCC(C)N3C(=O)C4)ncn2)ccc1F. The van der Waals surface area contributed by atoms with E-state index >= 15 is 0 Å². The third-order valence-corrected chi connectivity index (χ3v) is 7.37. The minimum absolute atomic E-state index is 0.0638. The number of nitrogens with zero attached hydrogens (tertiary/aromatic N) is 3. The van der Waals surface area contributed by atoms with Gasteiger partial charge in [-0.05, 0) is 67.0 Å². The van der Waals surface area contributed by atoms with Crippen molar-refractivity contribution in [3.8, 4) is 0 Å². The quantitative estimate of drug-likeness (QED) is 0.520. The molecule has 38 heavy (non-hydrogen) atoms. The fourth-order valence-corrected chi connectivity index (χ4v) is 5.36. The van der Waals surface area contributed by atoms with Crippen molar-refractivity contribution in [3.63, 3.8) is 0 Å². The van der Waals surface area contributed by atoms with Crippen LogP contribution in [0.5, 0.6) is 0 Å². The van der Waals surface area contributed by atoms with Gasteiger partial charge in [0.15, 0.2) is 0 Å². The highest BCUT2D eigenvalue weighted by Gasteiger charge is 2.37. The van der Waals surface area contributed by atoms with Crippen molar-refractivity contribution in [2.24, 2.45) is 0 Å². The molecule has 3 amide bonds. The average molecular weight is 516 g/mol. The second kappa shape index (κ2) is 10.7. The topological polar surface area (TPSA) is 104 Å². The summed E-state index contributed by atoms with van der Waals surface area (Å²) in [6.07, 6.45) is 4.66. The molecule has 3 heterocycles. The van der Waals surface area contributed by atoms with Gasteiger partial charge in [-0.25, -0.2) is 14.4 Å². The number of hydrogen-bond donors (Lipinski definition) is 2. The molecular weight excluding hydrogens is 485 g/mol. The maximum atomic E-state index is 13.5. The maximum absolute atomic E-state index is 13.5. The first kappa shape index (κ1) is 25.5. The molecule has 8 nitrogen and oxygen atoms in total. The maximum Gasteiger partial charge on any atom is 0.270 e. The molecule has 0 bridgehead atoms. The van der Waals surface area contributed by atoms with Gasteiger partial charge in [-0.15, -0.1) is 0 Å². The van der Waals surface area contributed by atoms with Crippen LogP contribution in [0.25, 0.3) is 0 Å². The Kier molecular flexibility index (Phi) is 7.18. The van der Waals surface area contributed by atoms with Gasteiger partial charge in [0, 0.05) is 25.2 Å². The van der Waals surface area contributed by atoms with Gasteiger partial charge >= 0.3 is 0 Å². The first-order chi connectivity index (χ1) is 18.3. The highest BCUT2D eigenvalue weighted by Crippen LogP contribution is 2.40. The van der Waals surface area contributed by atoms with Crippen LogP contribution in [0.3, 0.4) is 0 Å². The Morgan fingerprint density at radius 3 is 2.32 bits per heavy atom. The second-order valence-corrected chi connectivity index (χ2v) is 10.0. The zero-order chi connectivity index (χ0) is 26.8. The molecule has 0 spiro atoms. The minimum Gasteiger partial charge on any atom is -0.347 e. The van der Waals surface area contributed by atoms with Crippen molar-refractivity contribution in [1.82, 2.24) is 25.5 Å². The summed E-state index contributed by atoms with van der Waals surface area (Å²) < 4.78 is 13.5. The predicted molar refractivity (Wildman–Crippen MR) is 139 cm³/mol. The molecule has 0 saturated carbocycles. The molecule has 3 aromatic rings. The summed E-state index contributed by atoms with van der Waals surface area (Å²) >= 11 is 0. The summed E-state index contributed by atoms with van der Waals surface area (Å²) in [4.78, 5) is 48.1. The van der Waals surface area contributed by atoms with Gasteiger partial charge in [0.1, 0.15) is 23.5 Å². The smallest absolute Gasteiger partial charge is 0.270 e. The summed E-state index contributed by atoms with van der Waals surface area (Å²) in [5, 5.41) is 5.60. The van der Waals surface area contributed by atoms with E-state index in [2.05, 4.69) is 33.6 Å². The Morgan fingerprint density at radius 2 is 1.63 bits per heavy atom. The Bertz CT molecular complexity index is 1410. The Morgan fingerprint density at radius 1 is 0.974 bits per heavy atom. The summed E-state index contributed by atoms with van der Waals surface area (Å²) in [5.74, 6) is -0.995. The average Bonchev–Trinajstić information content (AvgIpc) is 2.92. The van der Waals surface area contributed by atoms with Crippen molar-refractivity contribution in [1.29, 1.82) is 0 Å². The molecule has 2 aromatic carbocycles. The first-order valence-corrected chi connectivity index (χ1v) is 12.9. The van der Waals surface area contributed by atoms with Crippen molar-refractivity contribution in [2.75, 3.05) is 0 Å². The molecule has 1 saturated heterocycles. The van der Waals surface area contributed by atoms with Crippen molar-refractivity contribution in [2.45, 2.75) is 64.7 Å². The normalized spacial score (nSPS) is 18.4. The molecule has 2 unspecified atom stereocenters. The van der Waals surface area contributed by atoms with Gasteiger partial charge in [0.05, 0.1) is 12.5 Å². The third-order valence-electron chi connectivity index (χ3n) is 7.37. The van der Waals surface area contributed by atoms with E-state index in [0.29, 0.717) is 12.0 Å². The second-order valence-electron chi connectivity index (χ2n) is 10.0. The Labute approximate surface area is 220 Å². The van der Waals surface area contributed by atoms with E-state index in [9.17, 15) is 18.8 Å². The largest absolute Gasteiger partial charge is 0.347 e. The van der Waals surface area contributed by atoms with Gasteiger partial charge in [0.2, 0.25) is 5.91 Å². The number of rotatable bonds is 6.